The molecule has 2 fully saturated rings. The lowest BCUT2D eigenvalue weighted by Crippen LogP contribution is -2.60. The van der Waals surface area contributed by atoms with Gasteiger partial charge in [-0.15, -0.1) is 0 Å². The Hall–Kier alpha value is -1.95. The first-order valence-corrected chi connectivity index (χ1v) is 10.4. The maximum Gasteiger partial charge on any atom is 0.128 e. The Morgan fingerprint density at radius 3 is 2.79 bits per heavy atom. The third-order valence-electron chi connectivity index (χ3n) is 6.06. The van der Waals surface area contributed by atoms with Gasteiger partial charge in [0.15, 0.2) is 0 Å². The highest BCUT2D eigenvalue weighted by Crippen LogP contribution is 2.39. The van der Waals surface area contributed by atoms with Crippen molar-refractivity contribution in [1.29, 1.82) is 0 Å². The molecule has 4 rings (SSSR count). The zero-order chi connectivity index (χ0) is 20.3. The van der Waals surface area contributed by atoms with Gasteiger partial charge in [-0.1, -0.05) is 30.3 Å². The SMILES string of the molecule is COc1ccc(CN2CC3(CC(CCOCc4ccccc4F)CO3)C2)cc1C. The van der Waals surface area contributed by atoms with Gasteiger partial charge in [-0.05, 0) is 48.9 Å². The molecule has 0 aliphatic carbocycles. The quantitative estimate of drug-likeness (QED) is 0.618. The van der Waals surface area contributed by atoms with Gasteiger partial charge in [0.2, 0.25) is 0 Å². The fraction of sp³-hybridized carbons (Fsp3) is 0.500. The number of benzene rings is 2. The number of nitrogens with zero attached hydrogens (tertiary/aromatic N) is 1. The zero-order valence-electron chi connectivity index (χ0n) is 17.3. The highest BCUT2D eigenvalue weighted by Gasteiger charge is 2.49. The molecule has 0 amide bonds. The van der Waals surface area contributed by atoms with Gasteiger partial charge in [-0.3, -0.25) is 4.90 Å². The molecule has 0 radical (unpaired) electrons. The second-order valence-electron chi connectivity index (χ2n) is 8.45. The Bertz CT molecular complexity index is 835. The van der Waals surface area contributed by atoms with Crippen molar-refractivity contribution < 1.29 is 18.6 Å². The minimum Gasteiger partial charge on any atom is -0.496 e. The summed E-state index contributed by atoms with van der Waals surface area (Å²) in [5, 5.41) is 0. The van der Waals surface area contributed by atoms with Gasteiger partial charge < -0.3 is 14.2 Å². The Morgan fingerprint density at radius 2 is 2.03 bits per heavy atom. The van der Waals surface area contributed by atoms with Gasteiger partial charge in [0.05, 0.1) is 25.9 Å². The third-order valence-corrected chi connectivity index (χ3v) is 6.06. The lowest BCUT2D eigenvalue weighted by molar-refractivity contribution is -0.114. The van der Waals surface area contributed by atoms with Crippen molar-refractivity contribution in [1.82, 2.24) is 4.90 Å². The number of likely N-dealkylation sites (tertiary alicyclic amines) is 1. The Morgan fingerprint density at radius 1 is 1.21 bits per heavy atom. The van der Waals surface area contributed by atoms with E-state index in [-0.39, 0.29) is 11.4 Å². The van der Waals surface area contributed by atoms with Crippen LogP contribution in [-0.4, -0.2) is 43.9 Å². The van der Waals surface area contributed by atoms with E-state index < -0.39 is 0 Å². The van der Waals surface area contributed by atoms with Crippen molar-refractivity contribution in [2.45, 2.75) is 38.5 Å². The lowest BCUT2D eigenvalue weighted by atomic mass is 9.86. The number of methoxy groups -OCH3 is 1. The molecule has 29 heavy (non-hydrogen) atoms. The van der Waals surface area contributed by atoms with E-state index in [2.05, 4.69) is 24.0 Å². The Balaban J connectivity index is 1.17. The second kappa shape index (κ2) is 8.82. The molecule has 1 unspecified atom stereocenters. The highest BCUT2D eigenvalue weighted by molar-refractivity contribution is 5.36. The van der Waals surface area contributed by atoms with Gasteiger partial charge in [-0.2, -0.15) is 0 Å². The van der Waals surface area contributed by atoms with Gasteiger partial charge >= 0.3 is 0 Å². The van der Waals surface area contributed by atoms with Crippen LogP contribution in [0, 0.1) is 18.7 Å². The van der Waals surface area contributed by atoms with Crippen LogP contribution in [0.25, 0.3) is 0 Å². The van der Waals surface area contributed by atoms with Crippen molar-refractivity contribution in [2.24, 2.45) is 5.92 Å². The molecule has 2 aliphatic rings. The van der Waals surface area contributed by atoms with E-state index in [1.54, 1.807) is 19.2 Å². The first-order chi connectivity index (χ1) is 14.1. The molecule has 0 aromatic heterocycles. The van der Waals surface area contributed by atoms with E-state index in [0.717, 1.165) is 44.8 Å². The van der Waals surface area contributed by atoms with E-state index in [0.29, 0.717) is 24.7 Å². The van der Waals surface area contributed by atoms with Crippen LogP contribution in [0.1, 0.15) is 29.5 Å². The summed E-state index contributed by atoms with van der Waals surface area (Å²) in [4.78, 5) is 2.44. The molecule has 2 heterocycles. The minimum atomic E-state index is -0.197. The molecule has 2 aromatic rings. The average molecular weight is 400 g/mol. The van der Waals surface area contributed by atoms with E-state index in [1.807, 2.05) is 12.1 Å². The fourth-order valence-corrected chi connectivity index (χ4v) is 4.57. The average Bonchev–Trinajstić information content (AvgIpc) is 3.11. The lowest BCUT2D eigenvalue weighted by Gasteiger charge is -2.47. The van der Waals surface area contributed by atoms with Crippen LogP contribution >= 0.6 is 0 Å². The second-order valence-corrected chi connectivity index (χ2v) is 8.45. The van der Waals surface area contributed by atoms with Crippen molar-refractivity contribution >= 4 is 0 Å². The van der Waals surface area contributed by atoms with Gasteiger partial charge in [0, 0.05) is 31.8 Å². The molecular weight excluding hydrogens is 369 g/mol. The molecule has 2 aromatic carbocycles. The van der Waals surface area contributed by atoms with Gasteiger partial charge in [0.25, 0.3) is 0 Å². The number of ether oxygens (including phenoxy) is 3. The van der Waals surface area contributed by atoms with E-state index in [9.17, 15) is 4.39 Å². The standard InChI is InChI=1S/C24H30FNO3/c1-18-11-19(7-8-23(18)27-2)13-26-16-24(17-26)12-20(14-29-24)9-10-28-15-21-5-3-4-6-22(21)25/h3-8,11,20H,9-10,12-17H2,1-2H3. The molecule has 2 aliphatic heterocycles. The summed E-state index contributed by atoms with van der Waals surface area (Å²) in [6, 6.07) is 13.2. The normalized spacial score (nSPS) is 20.7. The molecule has 2 saturated heterocycles. The molecule has 0 bridgehead atoms. The van der Waals surface area contributed by atoms with Crippen molar-refractivity contribution in [2.75, 3.05) is 33.4 Å². The summed E-state index contributed by atoms with van der Waals surface area (Å²) in [6.07, 6.45) is 2.06. The third kappa shape index (κ3) is 4.80. The van der Waals surface area contributed by atoms with E-state index >= 15 is 0 Å². The van der Waals surface area contributed by atoms with Crippen LogP contribution < -0.4 is 4.74 Å². The molecule has 4 nitrogen and oxygen atoms in total. The van der Waals surface area contributed by atoms with Crippen LogP contribution in [0.15, 0.2) is 42.5 Å². The maximum absolute atomic E-state index is 13.6. The van der Waals surface area contributed by atoms with Crippen LogP contribution in [0.3, 0.4) is 0 Å². The fourth-order valence-electron chi connectivity index (χ4n) is 4.57. The van der Waals surface area contributed by atoms with Gasteiger partial charge in [-0.25, -0.2) is 4.39 Å². The topological polar surface area (TPSA) is 30.9 Å². The zero-order valence-corrected chi connectivity index (χ0v) is 17.3. The molecule has 5 heteroatoms. The van der Waals surface area contributed by atoms with Crippen molar-refractivity contribution in [3.8, 4) is 5.75 Å². The number of hydrogen-bond donors (Lipinski definition) is 0. The van der Waals surface area contributed by atoms with Crippen molar-refractivity contribution in [3.63, 3.8) is 0 Å². The predicted octanol–water partition coefficient (Wildman–Crippen LogP) is 4.34. The first-order valence-electron chi connectivity index (χ1n) is 10.4. The largest absolute Gasteiger partial charge is 0.496 e. The number of halogens is 1. The van der Waals surface area contributed by atoms with E-state index in [4.69, 9.17) is 14.2 Å². The number of aryl methyl sites for hydroxylation is 1. The van der Waals surface area contributed by atoms with Crippen molar-refractivity contribution in [3.05, 3.63) is 65.0 Å². The molecule has 156 valence electrons. The van der Waals surface area contributed by atoms with Crippen LogP contribution in [0.2, 0.25) is 0 Å². The van der Waals surface area contributed by atoms with Crippen LogP contribution in [0.5, 0.6) is 5.75 Å². The van der Waals surface area contributed by atoms with E-state index in [1.165, 1.54) is 17.2 Å². The Kier molecular flexibility index (Phi) is 6.18. The summed E-state index contributed by atoms with van der Waals surface area (Å²) in [6.45, 7) is 6.80. The monoisotopic (exact) mass is 399 g/mol. The molecular formula is C24H30FNO3. The van der Waals surface area contributed by atoms with Gasteiger partial charge in [0.1, 0.15) is 11.6 Å². The highest BCUT2D eigenvalue weighted by atomic mass is 19.1. The molecule has 1 spiro atoms. The predicted molar refractivity (Wildman–Crippen MR) is 110 cm³/mol. The summed E-state index contributed by atoms with van der Waals surface area (Å²) >= 11 is 0. The molecule has 0 saturated carbocycles. The molecule has 0 N–H and O–H groups in total. The molecule has 1 atom stereocenters. The summed E-state index contributed by atoms with van der Waals surface area (Å²) in [7, 11) is 1.71. The van der Waals surface area contributed by atoms with Crippen LogP contribution in [-0.2, 0) is 22.6 Å². The Labute approximate surface area is 172 Å². The maximum atomic E-state index is 13.6. The summed E-state index contributed by atoms with van der Waals surface area (Å²) < 4.78 is 30.8. The number of hydrogen-bond acceptors (Lipinski definition) is 4. The minimum absolute atomic E-state index is 0.0255. The smallest absolute Gasteiger partial charge is 0.128 e. The first kappa shape index (κ1) is 20.3. The summed E-state index contributed by atoms with van der Waals surface area (Å²) in [5.74, 6) is 1.27. The summed E-state index contributed by atoms with van der Waals surface area (Å²) in [5.41, 5.74) is 3.13. The number of rotatable bonds is 8. The van der Waals surface area contributed by atoms with Crippen LogP contribution in [0.4, 0.5) is 4.39 Å².